The van der Waals surface area contributed by atoms with Gasteiger partial charge in [0.2, 0.25) is 0 Å². The average Bonchev–Trinajstić information content (AvgIpc) is 3.20. The number of furan rings is 1. The Hall–Kier alpha value is -2.85. The van der Waals surface area contributed by atoms with Crippen molar-refractivity contribution in [1.82, 2.24) is 9.78 Å². The Kier molecular flexibility index (Phi) is 3.67. The lowest BCUT2D eigenvalue weighted by Gasteiger charge is -2.03. The van der Waals surface area contributed by atoms with Gasteiger partial charge in [-0.1, -0.05) is 42.0 Å². The van der Waals surface area contributed by atoms with Gasteiger partial charge in [0.15, 0.2) is 5.76 Å². The third-order valence-corrected chi connectivity index (χ3v) is 4.13. The molecule has 120 valence electrons. The zero-order valence-corrected chi connectivity index (χ0v) is 13.4. The van der Waals surface area contributed by atoms with E-state index in [0.29, 0.717) is 18.1 Å². The lowest BCUT2D eigenvalue weighted by molar-refractivity contribution is 0.248. The zero-order chi connectivity index (χ0) is 16.5. The largest absolute Gasteiger partial charge is 0.457 e. The summed E-state index contributed by atoms with van der Waals surface area (Å²) in [4.78, 5) is 0. The molecule has 0 bridgehead atoms. The summed E-state index contributed by atoms with van der Waals surface area (Å²) in [5.41, 5.74) is 4.26. The number of aromatic nitrogens is 2. The van der Waals surface area contributed by atoms with Crippen LogP contribution < -0.4 is 0 Å². The number of aliphatic hydroxyl groups excluding tert-OH is 1. The van der Waals surface area contributed by atoms with Crippen LogP contribution in [0.2, 0.25) is 0 Å². The highest BCUT2D eigenvalue weighted by molar-refractivity contribution is 5.92. The first-order chi connectivity index (χ1) is 11.7. The van der Waals surface area contributed by atoms with Crippen LogP contribution in [0.4, 0.5) is 0 Å². The Morgan fingerprint density at radius 1 is 1.04 bits per heavy atom. The number of aliphatic hydroxyl groups is 1. The fourth-order valence-electron chi connectivity index (χ4n) is 2.94. The number of aryl methyl sites for hydroxylation is 1. The van der Waals surface area contributed by atoms with E-state index in [-0.39, 0.29) is 6.61 Å². The van der Waals surface area contributed by atoms with Crippen LogP contribution in [0.3, 0.4) is 0 Å². The molecule has 0 aliphatic rings. The second-order valence-electron chi connectivity index (χ2n) is 5.94. The van der Waals surface area contributed by atoms with Crippen LogP contribution in [0.1, 0.15) is 16.9 Å². The molecule has 24 heavy (non-hydrogen) atoms. The quantitative estimate of drug-likeness (QED) is 0.615. The van der Waals surface area contributed by atoms with Crippen molar-refractivity contribution in [2.75, 3.05) is 0 Å². The smallest absolute Gasteiger partial charge is 0.155 e. The first kappa shape index (κ1) is 14.7. The summed E-state index contributed by atoms with van der Waals surface area (Å²) in [7, 11) is 0. The van der Waals surface area contributed by atoms with Crippen LogP contribution in [0.5, 0.6) is 0 Å². The number of hydrogen-bond donors (Lipinski definition) is 1. The highest BCUT2D eigenvalue weighted by atomic mass is 16.4. The van der Waals surface area contributed by atoms with E-state index in [9.17, 15) is 5.11 Å². The summed E-state index contributed by atoms with van der Waals surface area (Å²) >= 11 is 0. The van der Waals surface area contributed by atoms with Crippen molar-refractivity contribution in [3.05, 3.63) is 77.6 Å². The number of hydrogen-bond acceptors (Lipinski definition) is 3. The molecule has 4 heteroatoms. The molecule has 0 unspecified atom stereocenters. The van der Waals surface area contributed by atoms with Crippen molar-refractivity contribution in [3.8, 4) is 11.5 Å². The van der Waals surface area contributed by atoms with E-state index in [1.54, 1.807) is 6.07 Å². The van der Waals surface area contributed by atoms with Gasteiger partial charge in [0.25, 0.3) is 0 Å². The number of benzene rings is 2. The van der Waals surface area contributed by atoms with Crippen LogP contribution in [-0.4, -0.2) is 14.9 Å². The van der Waals surface area contributed by atoms with E-state index in [2.05, 4.69) is 37.3 Å². The third-order valence-electron chi connectivity index (χ3n) is 4.13. The molecule has 2 heterocycles. The minimum absolute atomic E-state index is 0.109. The fraction of sp³-hybridized carbons (Fsp3) is 0.150. The lowest BCUT2D eigenvalue weighted by atomic mass is 10.1. The zero-order valence-electron chi connectivity index (χ0n) is 13.4. The van der Waals surface area contributed by atoms with Gasteiger partial charge in [-0.2, -0.15) is 5.10 Å². The third kappa shape index (κ3) is 2.61. The molecule has 0 amide bonds. The van der Waals surface area contributed by atoms with E-state index in [4.69, 9.17) is 9.52 Å². The molecule has 0 fully saturated rings. The Morgan fingerprint density at radius 2 is 1.88 bits per heavy atom. The second kappa shape index (κ2) is 5.98. The molecule has 2 aromatic carbocycles. The predicted octanol–water partition coefficient (Wildman–Crippen LogP) is 4.15. The van der Waals surface area contributed by atoms with E-state index in [1.807, 2.05) is 28.9 Å². The first-order valence-electron chi connectivity index (χ1n) is 7.95. The Morgan fingerprint density at radius 3 is 2.62 bits per heavy atom. The van der Waals surface area contributed by atoms with Gasteiger partial charge in [-0.15, -0.1) is 0 Å². The molecule has 4 aromatic rings. The average molecular weight is 318 g/mol. The van der Waals surface area contributed by atoms with E-state index < -0.39 is 0 Å². The summed E-state index contributed by atoms with van der Waals surface area (Å²) in [6.07, 6.45) is 0. The Labute approximate surface area is 140 Å². The predicted molar refractivity (Wildman–Crippen MR) is 93.6 cm³/mol. The van der Waals surface area contributed by atoms with Gasteiger partial charge in [0.05, 0.1) is 12.1 Å². The summed E-state index contributed by atoms with van der Waals surface area (Å²) in [6, 6.07) is 20.2. The van der Waals surface area contributed by atoms with Gasteiger partial charge in [-0.25, -0.2) is 0 Å². The molecule has 0 aliphatic heterocycles. The number of rotatable bonds is 4. The first-order valence-corrected chi connectivity index (χ1v) is 7.95. The molecule has 0 atom stereocenters. The topological polar surface area (TPSA) is 51.2 Å². The molecule has 2 aromatic heterocycles. The van der Waals surface area contributed by atoms with Crippen molar-refractivity contribution in [1.29, 1.82) is 0 Å². The van der Waals surface area contributed by atoms with E-state index in [1.165, 1.54) is 11.1 Å². The lowest BCUT2D eigenvalue weighted by Crippen LogP contribution is -2.01. The van der Waals surface area contributed by atoms with Crippen LogP contribution >= 0.6 is 0 Å². The molecular formula is C20H18N2O2. The maximum atomic E-state index is 9.24. The Balaban J connectivity index is 1.86. The molecule has 4 rings (SSSR count). The minimum atomic E-state index is -0.109. The molecular weight excluding hydrogens is 300 g/mol. The molecule has 0 radical (unpaired) electrons. The van der Waals surface area contributed by atoms with Crippen LogP contribution in [0, 0.1) is 6.92 Å². The summed E-state index contributed by atoms with van der Waals surface area (Å²) in [5.74, 6) is 1.23. The van der Waals surface area contributed by atoms with Crippen molar-refractivity contribution in [2.24, 2.45) is 0 Å². The van der Waals surface area contributed by atoms with Gasteiger partial charge >= 0.3 is 0 Å². The highest BCUT2D eigenvalue weighted by Crippen LogP contribution is 2.30. The van der Waals surface area contributed by atoms with Crippen molar-refractivity contribution < 1.29 is 9.52 Å². The molecule has 4 nitrogen and oxygen atoms in total. The van der Waals surface area contributed by atoms with Gasteiger partial charge in [0, 0.05) is 5.39 Å². The summed E-state index contributed by atoms with van der Waals surface area (Å²) < 4.78 is 7.71. The molecule has 0 saturated heterocycles. The fourth-order valence-corrected chi connectivity index (χ4v) is 2.94. The van der Waals surface area contributed by atoms with Crippen molar-refractivity contribution in [3.63, 3.8) is 0 Å². The van der Waals surface area contributed by atoms with Gasteiger partial charge in [-0.05, 0) is 36.8 Å². The SMILES string of the molecule is Cc1ccc2c(c1)c(-c1ccc(CO)o1)nn2Cc1ccccc1. The molecule has 0 aliphatic carbocycles. The Bertz CT molecular complexity index is 983. The normalized spacial score (nSPS) is 11.2. The summed E-state index contributed by atoms with van der Waals surface area (Å²) in [6.45, 7) is 2.66. The van der Waals surface area contributed by atoms with Gasteiger partial charge in [0.1, 0.15) is 18.1 Å². The molecule has 1 N–H and O–H groups in total. The van der Waals surface area contributed by atoms with Gasteiger partial charge in [-0.3, -0.25) is 4.68 Å². The maximum Gasteiger partial charge on any atom is 0.155 e. The number of nitrogens with zero attached hydrogens (tertiary/aromatic N) is 2. The second-order valence-corrected chi connectivity index (χ2v) is 5.94. The van der Waals surface area contributed by atoms with E-state index in [0.717, 1.165) is 16.6 Å². The summed E-state index contributed by atoms with van der Waals surface area (Å²) in [5, 5.41) is 15.1. The van der Waals surface area contributed by atoms with Gasteiger partial charge < -0.3 is 9.52 Å². The standard InChI is InChI=1S/C20H18N2O2/c1-14-7-9-18-17(11-14)20(19-10-8-16(13-23)24-19)21-22(18)12-15-5-3-2-4-6-15/h2-11,23H,12-13H2,1H3. The van der Waals surface area contributed by atoms with Crippen LogP contribution in [0.25, 0.3) is 22.4 Å². The van der Waals surface area contributed by atoms with Crippen molar-refractivity contribution in [2.45, 2.75) is 20.1 Å². The highest BCUT2D eigenvalue weighted by Gasteiger charge is 2.16. The van der Waals surface area contributed by atoms with Crippen molar-refractivity contribution >= 4 is 10.9 Å². The maximum absolute atomic E-state index is 9.24. The van der Waals surface area contributed by atoms with Crippen LogP contribution in [0.15, 0.2) is 65.1 Å². The van der Waals surface area contributed by atoms with Crippen LogP contribution in [-0.2, 0) is 13.2 Å². The monoisotopic (exact) mass is 318 g/mol. The van der Waals surface area contributed by atoms with E-state index >= 15 is 0 Å². The number of fused-ring (bicyclic) bond motifs is 1. The minimum Gasteiger partial charge on any atom is -0.457 e. The molecule has 0 spiro atoms. The molecule has 0 saturated carbocycles.